The van der Waals surface area contributed by atoms with E-state index in [0.29, 0.717) is 0 Å². The monoisotopic (exact) mass is 1680 g/mol. The van der Waals surface area contributed by atoms with Crippen LogP contribution in [0.2, 0.25) is 0 Å². The highest BCUT2D eigenvalue weighted by Gasteiger charge is 2.18. The largest absolute Gasteiger partial charge is 0.344 e. The zero-order chi connectivity index (χ0) is 88.8. The molecule has 0 radical (unpaired) electrons. The summed E-state index contributed by atoms with van der Waals surface area (Å²) in [6, 6.07) is 171. The van der Waals surface area contributed by atoms with Crippen molar-refractivity contribution in [2.45, 2.75) is 34.6 Å². The molecule has 4 aromatic heterocycles. The van der Waals surface area contributed by atoms with Gasteiger partial charge >= 0.3 is 0 Å². The van der Waals surface area contributed by atoms with E-state index >= 15 is 0 Å². The molecule has 0 unspecified atom stereocenters. The molecule has 0 amide bonds. The van der Waals surface area contributed by atoms with Crippen LogP contribution in [0, 0.1) is 34.6 Å². The zero-order valence-corrected chi connectivity index (χ0v) is 74.9. The maximum Gasteiger partial charge on any atom is 0.0541 e. The molecule has 0 aliphatic carbocycles. The predicted molar refractivity (Wildman–Crippen MR) is 567 cm³/mol. The number of benzene rings is 22. The molecule has 26 rings (SSSR count). The first-order valence-electron chi connectivity index (χ1n) is 45.3. The quantitative estimate of drug-likeness (QED) is 0.153. The van der Waals surface area contributed by atoms with E-state index in [1.807, 2.05) is 0 Å². The minimum Gasteiger partial charge on any atom is -0.344 e. The average molecular weight is 1680 g/mol. The normalized spacial score (nSPS) is 11.2. The Bertz CT molecular complexity index is 8370. The van der Waals surface area contributed by atoms with Gasteiger partial charge in [0.1, 0.15) is 0 Å². The van der Waals surface area contributed by atoms with Crippen molar-refractivity contribution in [3.63, 3.8) is 0 Å². The van der Waals surface area contributed by atoms with Crippen LogP contribution < -0.4 is 0 Å². The van der Waals surface area contributed by atoms with Gasteiger partial charge in [0.05, 0.1) is 22.1 Å². The van der Waals surface area contributed by atoms with Crippen LogP contribution in [0.4, 0.5) is 0 Å². The lowest BCUT2D eigenvalue weighted by Gasteiger charge is -2.10. The van der Waals surface area contributed by atoms with Crippen molar-refractivity contribution < 1.29 is 0 Å². The first-order valence-corrected chi connectivity index (χ1v) is 45.3. The standard InChI is InChI=1S/2C25H19N.C19H15N.3C15H12.C13H11N/c1-26-24-14-12-20(18-8-4-2-5-9-18)16-22(24)23-17-21(13-15-25(23)26)19-10-6-3-7-11-19;1-18-12-14-24-22(16-18)23-17-20(19-8-4-2-5-9-19)13-15-25(23)26(24)21-10-6-3-7-11-21;1-14-8-2-5-11-17(14)20-18-12-6-3-9-15(18)16-10-4-7-13-19(16)20;1-11-14-8-4-2-6-12(14)10-13-7-3-5-9-15(11)13;1-11-5-4-8-14-9-12-6-2-3-7-13(12)10-15(11)14;1-11-6-7-14-9-12-4-2-3-5-13(12)10-15(14)8-11;1-14-12-8-4-2-6-10(12)11-7-3-5-9-13(11)14/h2*2-17H,1H3;2-13H,1H3;3*2-10H,1H3;2-9H,1H3. The number of nitrogens with zero attached hydrogens (tertiary/aromatic N) is 4. The van der Waals surface area contributed by atoms with Gasteiger partial charge in [-0.05, 0) is 271 Å². The van der Waals surface area contributed by atoms with Crippen molar-refractivity contribution in [2.75, 3.05) is 0 Å². The Kier molecular flexibility index (Phi) is 23.3. The van der Waals surface area contributed by atoms with Crippen LogP contribution in [0.5, 0.6) is 0 Å². The minimum absolute atomic E-state index is 1.20. The molecule has 0 aliphatic heterocycles. The summed E-state index contributed by atoms with van der Waals surface area (Å²) < 4.78 is 9.25. The molecule has 131 heavy (non-hydrogen) atoms. The number of rotatable bonds is 5. The molecule has 0 bridgehead atoms. The number of fused-ring (bicyclic) bond motifs is 18. The van der Waals surface area contributed by atoms with E-state index in [0.717, 1.165) is 0 Å². The van der Waals surface area contributed by atoms with Crippen LogP contribution in [0.15, 0.2) is 479 Å². The molecular formula is C127H100N4. The van der Waals surface area contributed by atoms with Crippen LogP contribution in [0.25, 0.3) is 197 Å². The highest BCUT2D eigenvalue weighted by atomic mass is 15.0. The van der Waals surface area contributed by atoms with Gasteiger partial charge in [0, 0.05) is 90.6 Å². The van der Waals surface area contributed by atoms with Gasteiger partial charge in [0.15, 0.2) is 0 Å². The summed E-state index contributed by atoms with van der Waals surface area (Å²) >= 11 is 0. The van der Waals surface area contributed by atoms with E-state index in [-0.39, 0.29) is 0 Å². The molecule has 0 fully saturated rings. The summed E-state index contributed by atoms with van der Waals surface area (Å²) in [5.74, 6) is 0. The van der Waals surface area contributed by atoms with Crippen LogP contribution in [-0.2, 0) is 14.1 Å². The number of aromatic nitrogens is 4. The fourth-order valence-electron chi connectivity index (χ4n) is 19.2. The summed E-state index contributed by atoms with van der Waals surface area (Å²) in [4.78, 5) is 0. The van der Waals surface area contributed by atoms with Gasteiger partial charge in [-0.3, -0.25) is 0 Å². The highest BCUT2D eigenvalue weighted by molar-refractivity contribution is 6.14. The lowest BCUT2D eigenvalue weighted by molar-refractivity contribution is 1.01. The third-order valence-corrected chi connectivity index (χ3v) is 25.9. The van der Waals surface area contributed by atoms with Crippen molar-refractivity contribution >= 4 is 152 Å². The summed E-state index contributed by atoms with van der Waals surface area (Å²) in [6.07, 6.45) is 0. The van der Waals surface area contributed by atoms with Crippen molar-refractivity contribution in [1.29, 1.82) is 0 Å². The fourth-order valence-corrected chi connectivity index (χ4v) is 19.2. The van der Waals surface area contributed by atoms with E-state index in [1.165, 1.54) is 224 Å². The topological polar surface area (TPSA) is 19.7 Å². The SMILES string of the molecule is Cc1c2ccccc2cc2ccccc12.Cc1ccc2c(c1)c1cc(-c3ccccc3)ccc1n2-c1ccccc1.Cc1ccc2cc3ccccc3cc2c1.Cc1cccc2cc3ccccc3cc12.Cc1ccccc1-n1c2ccccc2c2ccccc21.Cn1c2ccc(-c3ccccc3)cc2c2cc(-c3ccccc3)ccc21.Cn1c2ccccc2c2ccccc21. The maximum atomic E-state index is 2.36. The third kappa shape index (κ3) is 16.9. The van der Waals surface area contributed by atoms with E-state index in [1.54, 1.807) is 0 Å². The van der Waals surface area contributed by atoms with Crippen LogP contribution in [0.3, 0.4) is 0 Å². The van der Waals surface area contributed by atoms with Crippen LogP contribution in [-0.4, -0.2) is 18.3 Å². The number of aryl methyl sites for hydroxylation is 7. The van der Waals surface area contributed by atoms with Crippen LogP contribution >= 0.6 is 0 Å². The summed E-state index contributed by atoms with van der Waals surface area (Å²) in [5.41, 5.74) is 26.8. The molecule has 628 valence electrons. The molecule has 0 saturated heterocycles. The average Bonchev–Trinajstić information content (AvgIpc) is 1.59. The highest BCUT2D eigenvalue weighted by Crippen LogP contribution is 2.40. The molecule has 4 heterocycles. The van der Waals surface area contributed by atoms with Crippen molar-refractivity contribution in [1.82, 2.24) is 18.3 Å². The molecule has 0 spiro atoms. The van der Waals surface area contributed by atoms with Gasteiger partial charge < -0.3 is 18.3 Å². The first-order chi connectivity index (χ1) is 64.4. The lowest BCUT2D eigenvalue weighted by atomic mass is 9.98. The number of hydrogen-bond acceptors (Lipinski definition) is 0. The van der Waals surface area contributed by atoms with E-state index in [2.05, 4.69) is 546 Å². The van der Waals surface area contributed by atoms with Crippen LogP contribution in [0.1, 0.15) is 27.8 Å². The van der Waals surface area contributed by atoms with E-state index < -0.39 is 0 Å². The Balaban J connectivity index is 0.0000000968. The smallest absolute Gasteiger partial charge is 0.0541 e. The van der Waals surface area contributed by atoms with Gasteiger partial charge in [-0.25, -0.2) is 0 Å². The molecular weight excluding hydrogens is 1580 g/mol. The molecule has 26 aromatic rings. The summed E-state index contributed by atoms with van der Waals surface area (Å²) in [6.45, 7) is 10.8. The Hall–Kier alpha value is -16.4. The Morgan fingerprint density at radius 3 is 0.939 bits per heavy atom. The molecule has 4 nitrogen and oxygen atoms in total. The van der Waals surface area contributed by atoms with Crippen molar-refractivity contribution in [3.8, 4) is 44.8 Å². The summed E-state index contributed by atoms with van der Waals surface area (Å²) in [7, 11) is 4.26. The predicted octanol–water partition coefficient (Wildman–Crippen LogP) is 34.8. The Morgan fingerprint density at radius 2 is 0.450 bits per heavy atom. The molecule has 22 aromatic carbocycles. The van der Waals surface area contributed by atoms with Crippen molar-refractivity contribution in [3.05, 3.63) is 507 Å². The second kappa shape index (κ2) is 36.9. The van der Waals surface area contributed by atoms with Gasteiger partial charge in [-0.15, -0.1) is 0 Å². The number of hydrogen-bond donors (Lipinski definition) is 0. The second-order valence-corrected chi connectivity index (χ2v) is 34.3. The molecule has 0 aliphatic rings. The van der Waals surface area contributed by atoms with E-state index in [4.69, 9.17) is 0 Å². The minimum atomic E-state index is 1.20. The Labute approximate surface area is 765 Å². The van der Waals surface area contributed by atoms with Crippen molar-refractivity contribution in [2.24, 2.45) is 14.1 Å². The maximum absolute atomic E-state index is 2.36. The van der Waals surface area contributed by atoms with Gasteiger partial charge in [-0.2, -0.15) is 0 Å². The molecule has 4 heteroatoms. The fraction of sp³-hybridized carbons (Fsp3) is 0.0551. The number of para-hydroxylation sites is 6. The first kappa shape index (κ1) is 82.9. The lowest BCUT2D eigenvalue weighted by Crippen LogP contribution is -1.96. The van der Waals surface area contributed by atoms with E-state index in [9.17, 15) is 0 Å². The zero-order valence-electron chi connectivity index (χ0n) is 74.9. The Morgan fingerprint density at radius 1 is 0.153 bits per heavy atom. The summed E-state index contributed by atoms with van der Waals surface area (Å²) in [5, 5.41) is 26.5. The second-order valence-electron chi connectivity index (χ2n) is 34.3. The van der Waals surface area contributed by atoms with Gasteiger partial charge in [-0.1, -0.05) is 369 Å². The third-order valence-electron chi connectivity index (χ3n) is 25.9. The molecule has 0 atom stereocenters. The molecule has 0 saturated carbocycles. The van der Waals surface area contributed by atoms with Gasteiger partial charge in [0.2, 0.25) is 0 Å². The molecule has 0 N–H and O–H groups in total. The van der Waals surface area contributed by atoms with Gasteiger partial charge in [0.25, 0.3) is 0 Å².